The topological polar surface area (TPSA) is 73.9 Å². The molecule has 8 heteroatoms. The van der Waals surface area contributed by atoms with Gasteiger partial charge in [-0.25, -0.2) is 13.6 Å². The molecule has 1 fully saturated rings. The van der Waals surface area contributed by atoms with Crippen molar-refractivity contribution in [3.63, 3.8) is 0 Å². The molecule has 1 saturated carbocycles. The highest BCUT2D eigenvalue weighted by molar-refractivity contribution is 5.95. The summed E-state index contributed by atoms with van der Waals surface area (Å²) in [7, 11) is 0. The van der Waals surface area contributed by atoms with Gasteiger partial charge in [0.25, 0.3) is 11.7 Å². The van der Waals surface area contributed by atoms with E-state index in [2.05, 4.69) is 5.32 Å². The van der Waals surface area contributed by atoms with Crippen molar-refractivity contribution in [2.24, 2.45) is 0 Å². The summed E-state index contributed by atoms with van der Waals surface area (Å²) in [6.45, 7) is -0.617. The van der Waals surface area contributed by atoms with E-state index in [1.165, 1.54) is 0 Å². The average molecular weight is 403 g/mol. The van der Waals surface area contributed by atoms with E-state index in [0.717, 1.165) is 44.2 Å². The largest absolute Gasteiger partial charge is 0.452 e. The molecule has 1 heterocycles. The molecule has 6 nitrogen and oxygen atoms in total. The number of nitrogens with one attached hydrogen (secondary N) is 1. The second-order valence-electron chi connectivity index (χ2n) is 7.09. The van der Waals surface area contributed by atoms with Gasteiger partial charge in [-0.2, -0.15) is 0 Å². The Balaban J connectivity index is 1.34. The van der Waals surface area contributed by atoms with Gasteiger partial charge >= 0.3 is 5.97 Å². The SMILES string of the molecule is O=C(COC(=O)c1ccc(F)cc1F)Nc1ccc2c(c1)OC1(CCCCC1)O2. The van der Waals surface area contributed by atoms with Crippen molar-refractivity contribution in [2.75, 3.05) is 11.9 Å². The van der Waals surface area contributed by atoms with Crippen molar-refractivity contribution in [2.45, 2.75) is 37.9 Å². The van der Waals surface area contributed by atoms with Gasteiger partial charge in [-0.1, -0.05) is 6.42 Å². The van der Waals surface area contributed by atoms with Crippen LogP contribution < -0.4 is 14.8 Å². The lowest BCUT2D eigenvalue weighted by atomic mass is 9.94. The van der Waals surface area contributed by atoms with Gasteiger partial charge in [0, 0.05) is 30.7 Å². The lowest BCUT2D eigenvalue weighted by Gasteiger charge is -2.31. The Kier molecular flexibility index (Phi) is 5.08. The number of amides is 1. The molecular weight excluding hydrogens is 384 g/mol. The first-order valence-corrected chi connectivity index (χ1v) is 9.38. The first-order valence-electron chi connectivity index (χ1n) is 9.38. The lowest BCUT2D eigenvalue weighted by Crippen LogP contribution is -2.40. The molecule has 1 spiro atoms. The van der Waals surface area contributed by atoms with E-state index in [0.29, 0.717) is 23.3 Å². The van der Waals surface area contributed by atoms with Crippen LogP contribution in [0.5, 0.6) is 11.5 Å². The smallest absolute Gasteiger partial charge is 0.341 e. The van der Waals surface area contributed by atoms with Gasteiger partial charge in [-0.3, -0.25) is 4.79 Å². The second kappa shape index (κ2) is 7.69. The molecule has 4 rings (SSSR count). The van der Waals surface area contributed by atoms with Crippen LogP contribution in [0.4, 0.5) is 14.5 Å². The number of esters is 1. The number of rotatable bonds is 4. The lowest BCUT2D eigenvalue weighted by molar-refractivity contribution is -0.119. The fraction of sp³-hybridized carbons (Fsp3) is 0.333. The number of hydrogen-bond donors (Lipinski definition) is 1. The van der Waals surface area contributed by atoms with Crippen LogP contribution in [-0.4, -0.2) is 24.3 Å². The third-order valence-corrected chi connectivity index (χ3v) is 4.92. The molecule has 0 unspecified atom stereocenters. The van der Waals surface area contributed by atoms with Crippen molar-refractivity contribution in [1.82, 2.24) is 0 Å². The predicted molar refractivity (Wildman–Crippen MR) is 98.8 cm³/mol. The number of halogens is 2. The number of benzene rings is 2. The van der Waals surface area contributed by atoms with Crippen LogP contribution in [0.15, 0.2) is 36.4 Å². The van der Waals surface area contributed by atoms with Crippen molar-refractivity contribution in [3.05, 3.63) is 53.6 Å². The highest BCUT2D eigenvalue weighted by Gasteiger charge is 2.42. The number of ether oxygens (including phenoxy) is 3. The van der Waals surface area contributed by atoms with Crippen molar-refractivity contribution >= 4 is 17.6 Å². The standard InChI is InChI=1S/C21H19F2NO5/c22-13-4-6-15(16(23)10-13)20(26)27-12-19(25)24-14-5-7-17-18(11-14)29-21(28-17)8-2-1-3-9-21/h4-7,10-11H,1-3,8-9,12H2,(H,24,25). The molecule has 0 atom stereocenters. The van der Waals surface area contributed by atoms with Crippen LogP contribution in [0.2, 0.25) is 0 Å². The first kappa shape index (κ1) is 19.2. The molecule has 0 saturated heterocycles. The van der Waals surface area contributed by atoms with Crippen molar-refractivity contribution < 1.29 is 32.6 Å². The van der Waals surface area contributed by atoms with Crippen molar-refractivity contribution in [3.8, 4) is 11.5 Å². The van der Waals surface area contributed by atoms with Crippen molar-refractivity contribution in [1.29, 1.82) is 0 Å². The monoisotopic (exact) mass is 403 g/mol. The Morgan fingerprint density at radius 3 is 2.52 bits per heavy atom. The maximum absolute atomic E-state index is 13.6. The molecule has 1 aliphatic heterocycles. The Bertz CT molecular complexity index is 956. The number of hydrogen-bond acceptors (Lipinski definition) is 5. The maximum Gasteiger partial charge on any atom is 0.341 e. The summed E-state index contributed by atoms with van der Waals surface area (Å²) in [5.41, 5.74) is 0.00859. The molecule has 2 aliphatic rings. The van der Waals surface area contributed by atoms with E-state index in [-0.39, 0.29) is 0 Å². The highest BCUT2D eigenvalue weighted by atomic mass is 19.1. The van der Waals surface area contributed by atoms with Crippen LogP contribution in [0.25, 0.3) is 0 Å². The molecule has 0 aromatic heterocycles. The summed E-state index contributed by atoms with van der Waals surface area (Å²) in [6.07, 6.45) is 4.88. The average Bonchev–Trinajstić information content (AvgIpc) is 3.03. The van der Waals surface area contributed by atoms with E-state index in [9.17, 15) is 18.4 Å². The fourth-order valence-electron chi connectivity index (χ4n) is 3.53. The quantitative estimate of drug-likeness (QED) is 0.775. The van der Waals surface area contributed by atoms with E-state index < -0.39 is 41.5 Å². The molecule has 2 aromatic rings. The van der Waals surface area contributed by atoms with E-state index in [4.69, 9.17) is 14.2 Å². The number of carbonyl (C=O) groups excluding carboxylic acids is 2. The third-order valence-electron chi connectivity index (χ3n) is 4.92. The Labute approximate surface area is 165 Å². The minimum atomic E-state index is -1.05. The van der Waals surface area contributed by atoms with E-state index >= 15 is 0 Å². The molecule has 152 valence electrons. The van der Waals surface area contributed by atoms with Gasteiger partial charge in [-0.15, -0.1) is 0 Å². The summed E-state index contributed by atoms with van der Waals surface area (Å²) in [6, 6.07) is 7.49. The number of carbonyl (C=O) groups is 2. The third kappa shape index (κ3) is 4.16. The summed E-state index contributed by atoms with van der Waals surface area (Å²) in [4.78, 5) is 23.9. The van der Waals surface area contributed by atoms with E-state index in [1.807, 2.05) is 0 Å². The molecule has 1 aliphatic carbocycles. The summed E-state index contributed by atoms with van der Waals surface area (Å²) in [5.74, 6) is -2.96. The minimum Gasteiger partial charge on any atom is -0.452 e. The fourth-order valence-corrected chi connectivity index (χ4v) is 3.53. The zero-order valence-electron chi connectivity index (χ0n) is 15.5. The zero-order chi connectivity index (χ0) is 20.4. The van der Waals surface area contributed by atoms with Crippen LogP contribution >= 0.6 is 0 Å². The Hall–Kier alpha value is -3.16. The zero-order valence-corrected chi connectivity index (χ0v) is 15.5. The van der Waals surface area contributed by atoms with E-state index in [1.54, 1.807) is 18.2 Å². The maximum atomic E-state index is 13.6. The second-order valence-corrected chi connectivity index (χ2v) is 7.09. The summed E-state index contributed by atoms with van der Waals surface area (Å²) < 4.78 is 43.3. The van der Waals surface area contributed by atoms with Gasteiger partial charge in [0.1, 0.15) is 11.6 Å². The summed E-state index contributed by atoms with van der Waals surface area (Å²) in [5, 5.41) is 2.59. The molecule has 29 heavy (non-hydrogen) atoms. The highest BCUT2D eigenvalue weighted by Crippen LogP contribution is 2.46. The minimum absolute atomic E-state index is 0.444. The summed E-state index contributed by atoms with van der Waals surface area (Å²) >= 11 is 0. The number of fused-ring (bicyclic) bond motifs is 1. The first-order chi connectivity index (χ1) is 13.9. The van der Waals surface area contributed by atoms with Crippen LogP contribution in [0.3, 0.4) is 0 Å². The Morgan fingerprint density at radius 1 is 1.00 bits per heavy atom. The Morgan fingerprint density at radius 2 is 1.76 bits per heavy atom. The number of anilines is 1. The molecular formula is C21H19F2NO5. The van der Waals surface area contributed by atoms with Gasteiger partial charge in [-0.05, 0) is 37.1 Å². The normalized spacial score (nSPS) is 16.5. The van der Waals surface area contributed by atoms with Gasteiger partial charge in [0.2, 0.25) is 0 Å². The van der Waals surface area contributed by atoms with Gasteiger partial charge in [0.05, 0.1) is 5.56 Å². The molecule has 0 bridgehead atoms. The van der Waals surface area contributed by atoms with Crippen LogP contribution in [-0.2, 0) is 9.53 Å². The van der Waals surface area contributed by atoms with Crippen LogP contribution in [0, 0.1) is 11.6 Å². The molecule has 1 N–H and O–H groups in total. The van der Waals surface area contributed by atoms with Gasteiger partial charge < -0.3 is 19.5 Å². The molecule has 1 amide bonds. The van der Waals surface area contributed by atoms with Crippen LogP contribution in [0.1, 0.15) is 42.5 Å². The predicted octanol–water partition coefficient (Wildman–Crippen LogP) is 4.19. The molecule has 0 radical (unpaired) electrons. The van der Waals surface area contributed by atoms with Gasteiger partial charge in [0.15, 0.2) is 18.1 Å². The molecule has 2 aromatic carbocycles.